The van der Waals surface area contributed by atoms with Crippen LogP contribution in [-0.4, -0.2) is 26.1 Å². The Morgan fingerprint density at radius 1 is 1.33 bits per heavy atom. The van der Waals surface area contributed by atoms with Crippen LogP contribution >= 0.6 is 23.2 Å². The van der Waals surface area contributed by atoms with Gasteiger partial charge in [0, 0.05) is 18.0 Å². The average Bonchev–Trinajstić information content (AvgIpc) is 2.64. The van der Waals surface area contributed by atoms with Crippen molar-refractivity contribution in [3.63, 3.8) is 0 Å². The average molecular weight is 312 g/mol. The third-order valence-electron chi connectivity index (χ3n) is 2.69. The Bertz CT molecular complexity index is 605. The lowest BCUT2D eigenvalue weighted by Crippen LogP contribution is -2.27. The minimum Gasteiger partial charge on any atom is -0.309 e. The summed E-state index contributed by atoms with van der Waals surface area (Å²) >= 11 is 11.7. The molecule has 0 aromatic heterocycles. The minimum absolute atomic E-state index is 0.252. The van der Waals surface area contributed by atoms with Gasteiger partial charge in [0.2, 0.25) is 5.91 Å². The van der Waals surface area contributed by atoms with E-state index < -0.39 is 21.4 Å². The molecule has 1 aliphatic rings. The molecule has 0 bridgehead atoms. The van der Waals surface area contributed by atoms with Crippen LogP contribution in [0.15, 0.2) is 18.2 Å². The largest absolute Gasteiger partial charge is 0.309 e. The summed E-state index contributed by atoms with van der Waals surface area (Å²) in [6.45, 7) is -0.252. The zero-order valence-electron chi connectivity index (χ0n) is 8.94. The highest BCUT2D eigenvalue weighted by Gasteiger charge is 2.39. The second kappa shape index (κ2) is 4.68. The summed E-state index contributed by atoms with van der Waals surface area (Å²) in [5, 5.41) is -0.738. The van der Waals surface area contributed by atoms with Gasteiger partial charge in [0.25, 0.3) is 0 Å². The zero-order chi connectivity index (χ0) is 13.5. The van der Waals surface area contributed by atoms with Crippen LogP contribution in [0.2, 0.25) is 10.0 Å². The van der Waals surface area contributed by atoms with Gasteiger partial charge in [-0.1, -0.05) is 23.2 Å². The number of amides is 1. The molecule has 18 heavy (non-hydrogen) atoms. The van der Waals surface area contributed by atoms with Crippen molar-refractivity contribution in [1.29, 1.82) is 0 Å². The molecule has 1 atom stereocenters. The molecule has 0 saturated carbocycles. The number of hydrogen-bond acceptors (Lipinski definition) is 3. The summed E-state index contributed by atoms with van der Waals surface area (Å²) in [5.41, 5.74) is 0.292. The van der Waals surface area contributed by atoms with E-state index in [9.17, 15) is 17.1 Å². The first-order valence-electron chi connectivity index (χ1n) is 4.98. The van der Waals surface area contributed by atoms with Crippen molar-refractivity contribution in [3.8, 4) is 0 Å². The maximum Gasteiger partial charge on any atom is 0.307 e. The van der Waals surface area contributed by atoms with Crippen molar-refractivity contribution in [3.05, 3.63) is 28.2 Å². The molecule has 1 unspecified atom stereocenters. The summed E-state index contributed by atoms with van der Waals surface area (Å²) < 4.78 is 34.5. The first kappa shape index (κ1) is 13.6. The number of nitrogens with zero attached hydrogens (tertiary/aromatic N) is 1. The highest BCUT2D eigenvalue weighted by Crippen LogP contribution is 2.33. The molecule has 1 heterocycles. The van der Waals surface area contributed by atoms with E-state index >= 15 is 0 Å². The van der Waals surface area contributed by atoms with Crippen LogP contribution in [0, 0.1) is 0 Å². The quantitative estimate of drug-likeness (QED) is 0.788. The lowest BCUT2D eigenvalue weighted by atomic mass is 10.3. The van der Waals surface area contributed by atoms with E-state index in [1.54, 1.807) is 0 Å². The minimum atomic E-state index is -4.74. The summed E-state index contributed by atoms with van der Waals surface area (Å²) in [7, 11) is -4.74. The molecule has 8 heteroatoms. The lowest BCUT2D eigenvalue weighted by Gasteiger charge is -2.17. The van der Waals surface area contributed by atoms with E-state index in [0.29, 0.717) is 10.7 Å². The number of rotatable bonds is 2. The van der Waals surface area contributed by atoms with Crippen LogP contribution in [-0.2, 0) is 15.0 Å². The van der Waals surface area contributed by atoms with E-state index in [2.05, 4.69) is 0 Å². The van der Waals surface area contributed by atoms with Crippen LogP contribution in [0.1, 0.15) is 6.42 Å². The van der Waals surface area contributed by atoms with Crippen molar-refractivity contribution >= 4 is 45.0 Å². The van der Waals surface area contributed by atoms with Gasteiger partial charge in [-0.2, -0.15) is 8.42 Å². The third kappa shape index (κ3) is 2.60. The maximum absolute atomic E-state index is 12.9. The smallest absolute Gasteiger partial charge is 0.307 e. The molecule has 0 aliphatic carbocycles. The Morgan fingerprint density at radius 3 is 2.56 bits per heavy atom. The fraction of sp³-hybridized carbons (Fsp3) is 0.300. The normalized spacial score (nSPS) is 20.5. The van der Waals surface area contributed by atoms with E-state index in [4.69, 9.17) is 23.2 Å². The van der Waals surface area contributed by atoms with Crippen LogP contribution in [0.4, 0.5) is 9.57 Å². The van der Waals surface area contributed by atoms with E-state index in [1.807, 2.05) is 0 Å². The summed E-state index contributed by atoms with van der Waals surface area (Å²) in [5.74, 6) is -0.495. The maximum atomic E-state index is 12.9. The fourth-order valence-corrected chi connectivity index (χ4v) is 2.84. The second-order valence-electron chi connectivity index (χ2n) is 3.90. The van der Waals surface area contributed by atoms with Crippen LogP contribution < -0.4 is 4.90 Å². The van der Waals surface area contributed by atoms with Gasteiger partial charge >= 0.3 is 10.2 Å². The molecule has 2 rings (SSSR count). The molecule has 1 saturated heterocycles. The van der Waals surface area contributed by atoms with Gasteiger partial charge in [0.05, 0.1) is 10.7 Å². The SMILES string of the molecule is O=C1CC(S(=O)(=O)F)CN1c1cc(Cl)ccc1Cl. The molecule has 1 fully saturated rings. The first-order valence-corrected chi connectivity index (χ1v) is 7.18. The molecule has 1 amide bonds. The van der Waals surface area contributed by atoms with Gasteiger partial charge in [0.1, 0.15) is 5.25 Å². The second-order valence-corrected chi connectivity index (χ2v) is 6.36. The molecule has 1 aromatic carbocycles. The summed E-state index contributed by atoms with van der Waals surface area (Å²) in [6, 6.07) is 4.47. The molecule has 0 spiro atoms. The van der Waals surface area contributed by atoms with Crippen molar-refractivity contribution in [2.45, 2.75) is 11.7 Å². The highest BCUT2D eigenvalue weighted by molar-refractivity contribution is 7.87. The number of anilines is 1. The number of hydrogen-bond donors (Lipinski definition) is 0. The molecule has 1 aliphatic heterocycles. The Labute approximate surface area is 113 Å². The van der Waals surface area contributed by atoms with E-state index in [1.165, 1.54) is 18.2 Å². The zero-order valence-corrected chi connectivity index (χ0v) is 11.3. The van der Waals surface area contributed by atoms with Gasteiger partial charge in [-0.05, 0) is 18.2 Å². The Kier molecular flexibility index (Phi) is 3.53. The van der Waals surface area contributed by atoms with Crippen molar-refractivity contribution < 1.29 is 17.1 Å². The Hall–Kier alpha value is -0.850. The first-order chi connectivity index (χ1) is 8.29. The number of benzene rings is 1. The third-order valence-corrected chi connectivity index (χ3v) is 4.35. The van der Waals surface area contributed by atoms with Gasteiger partial charge in [-0.3, -0.25) is 4.79 Å². The molecular formula is C10H8Cl2FNO3S. The molecule has 0 N–H and O–H groups in total. The summed E-state index contributed by atoms with van der Waals surface area (Å²) in [4.78, 5) is 12.8. The molecule has 4 nitrogen and oxygen atoms in total. The van der Waals surface area contributed by atoms with Crippen molar-refractivity contribution in [1.82, 2.24) is 0 Å². The molecule has 1 aromatic rings. The monoisotopic (exact) mass is 311 g/mol. The predicted molar refractivity (Wildman–Crippen MR) is 67.2 cm³/mol. The number of carbonyl (C=O) groups excluding carboxylic acids is 1. The van der Waals surface area contributed by atoms with Crippen molar-refractivity contribution in [2.24, 2.45) is 0 Å². The van der Waals surface area contributed by atoms with Gasteiger partial charge in [-0.25, -0.2) is 0 Å². The predicted octanol–water partition coefficient (Wildman–Crippen LogP) is 2.40. The number of halogens is 3. The van der Waals surface area contributed by atoms with Crippen LogP contribution in [0.5, 0.6) is 0 Å². The Morgan fingerprint density at radius 2 is 2.00 bits per heavy atom. The topological polar surface area (TPSA) is 54.5 Å². The summed E-state index contributed by atoms with van der Waals surface area (Å²) in [6.07, 6.45) is -0.387. The van der Waals surface area contributed by atoms with Crippen molar-refractivity contribution in [2.75, 3.05) is 11.4 Å². The highest BCUT2D eigenvalue weighted by atomic mass is 35.5. The fourth-order valence-electron chi connectivity index (χ4n) is 1.79. The lowest BCUT2D eigenvalue weighted by molar-refractivity contribution is -0.117. The van der Waals surface area contributed by atoms with E-state index in [0.717, 1.165) is 4.90 Å². The number of carbonyl (C=O) groups is 1. The van der Waals surface area contributed by atoms with Crippen LogP contribution in [0.3, 0.4) is 0 Å². The van der Waals surface area contributed by atoms with E-state index in [-0.39, 0.29) is 18.0 Å². The molecular weight excluding hydrogens is 304 g/mol. The van der Waals surface area contributed by atoms with Gasteiger partial charge < -0.3 is 4.90 Å². The molecule has 0 radical (unpaired) electrons. The van der Waals surface area contributed by atoms with Gasteiger partial charge in [0.15, 0.2) is 0 Å². The van der Waals surface area contributed by atoms with Crippen LogP contribution in [0.25, 0.3) is 0 Å². The van der Waals surface area contributed by atoms with Gasteiger partial charge in [-0.15, -0.1) is 3.89 Å². The standard InChI is InChI=1S/C10H8Cl2FNO3S/c11-6-1-2-8(12)9(3-6)14-5-7(4-10(14)15)18(13,16)17/h1-3,7H,4-5H2. The molecule has 98 valence electrons. The Balaban J connectivity index is 2.35.